The molecule has 0 unspecified atom stereocenters. The number of hydrogen-bond acceptors (Lipinski definition) is 4. The summed E-state index contributed by atoms with van der Waals surface area (Å²) in [7, 11) is 0. The van der Waals surface area contributed by atoms with Crippen LogP contribution in [0.25, 0.3) is 88.9 Å². The maximum absolute atomic E-state index is 5.31. The molecule has 4 heterocycles. The molecule has 4 aromatic heterocycles. The van der Waals surface area contributed by atoms with Crippen molar-refractivity contribution in [1.82, 2.24) is 29.1 Å². The molecule has 10 aromatic rings. The second-order valence-electron chi connectivity index (χ2n) is 11.9. The van der Waals surface area contributed by atoms with Crippen molar-refractivity contribution < 1.29 is 0 Å². The number of fused-ring (bicyclic) bond motifs is 8. The minimum Gasteiger partial charge on any atom is -0.309 e. The summed E-state index contributed by atoms with van der Waals surface area (Å²) >= 11 is 0. The van der Waals surface area contributed by atoms with Gasteiger partial charge in [0, 0.05) is 38.4 Å². The SMILES string of the molecule is c1ccc(-c2cnc3c(-c4ccccc4)nc(-n4c5ccccc5c5ccc6c(c7ccccc7n6-c6ccccc6)c54)nc3n2)cc1. The topological polar surface area (TPSA) is 61.4 Å². The third-order valence-corrected chi connectivity index (χ3v) is 9.20. The number of nitrogens with zero attached hydrogens (tertiary/aromatic N) is 6. The average Bonchev–Trinajstić information content (AvgIpc) is 3.68. The van der Waals surface area contributed by atoms with Crippen LogP contribution in [0.3, 0.4) is 0 Å². The van der Waals surface area contributed by atoms with Crippen LogP contribution in [0.2, 0.25) is 0 Å². The number of hydrogen-bond donors (Lipinski definition) is 0. The normalized spacial score (nSPS) is 11.8. The van der Waals surface area contributed by atoms with Gasteiger partial charge in [0.15, 0.2) is 5.65 Å². The van der Waals surface area contributed by atoms with E-state index in [9.17, 15) is 0 Å². The molecule has 48 heavy (non-hydrogen) atoms. The van der Waals surface area contributed by atoms with Gasteiger partial charge < -0.3 is 4.57 Å². The number of rotatable bonds is 4. The molecule has 0 atom stereocenters. The summed E-state index contributed by atoms with van der Waals surface area (Å²) in [5.74, 6) is 0.552. The van der Waals surface area contributed by atoms with Crippen LogP contribution in [0.15, 0.2) is 158 Å². The van der Waals surface area contributed by atoms with Crippen LogP contribution >= 0.6 is 0 Å². The van der Waals surface area contributed by atoms with Crippen molar-refractivity contribution in [1.29, 1.82) is 0 Å². The Balaban J connectivity index is 1.37. The van der Waals surface area contributed by atoms with Gasteiger partial charge in [-0.25, -0.2) is 15.0 Å². The summed E-state index contributed by atoms with van der Waals surface area (Å²) in [6.45, 7) is 0. The zero-order chi connectivity index (χ0) is 31.6. The Morgan fingerprint density at radius 3 is 1.81 bits per heavy atom. The van der Waals surface area contributed by atoms with Gasteiger partial charge in [0.05, 0.1) is 34.0 Å². The molecule has 0 spiro atoms. The van der Waals surface area contributed by atoms with Crippen LogP contribution in [0.1, 0.15) is 0 Å². The zero-order valence-electron chi connectivity index (χ0n) is 25.7. The zero-order valence-corrected chi connectivity index (χ0v) is 25.7. The van der Waals surface area contributed by atoms with E-state index in [1.165, 1.54) is 5.39 Å². The molecule has 0 radical (unpaired) electrons. The lowest BCUT2D eigenvalue weighted by molar-refractivity contribution is 1.00. The Labute approximate surface area is 275 Å². The first kappa shape index (κ1) is 26.5. The highest BCUT2D eigenvalue weighted by atomic mass is 15.2. The van der Waals surface area contributed by atoms with Crippen molar-refractivity contribution in [2.45, 2.75) is 0 Å². The molecule has 0 bridgehead atoms. The van der Waals surface area contributed by atoms with E-state index >= 15 is 0 Å². The van der Waals surface area contributed by atoms with Crippen molar-refractivity contribution in [3.63, 3.8) is 0 Å². The van der Waals surface area contributed by atoms with Crippen molar-refractivity contribution in [2.24, 2.45) is 0 Å². The van der Waals surface area contributed by atoms with Gasteiger partial charge in [-0.3, -0.25) is 4.57 Å². The molecule has 6 aromatic carbocycles. The molecule has 6 heteroatoms. The number of para-hydroxylation sites is 3. The lowest BCUT2D eigenvalue weighted by Gasteiger charge is -2.12. The summed E-state index contributed by atoms with van der Waals surface area (Å²) in [4.78, 5) is 20.5. The maximum Gasteiger partial charge on any atom is 0.237 e. The first-order valence-corrected chi connectivity index (χ1v) is 16.0. The predicted octanol–water partition coefficient (Wildman–Crippen LogP) is 9.95. The molecule has 0 aliphatic rings. The van der Waals surface area contributed by atoms with Crippen molar-refractivity contribution in [2.75, 3.05) is 0 Å². The van der Waals surface area contributed by atoms with E-state index in [0.717, 1.165) is 66.4 Å². The fraction of sp³-hybridized carbons (Fsp3) is 0. The molecule has 0 saturated heterocycles. The van der Waals surface area contributed by atoms with Gasteiger partial charge >= 0.3 is 0 Å². The van der Waals surface area contributed by atoms with Crippen LogP contribution in [0.4, 0.5) is 0 Å². The van der Waals surface area contributed by atoms with Crippen molar-refractivity contribution >= 4 is 54.8 Å². The number of aromatic nitrogens is 6. The fourth-order valence-electron chi connectivity index (χ4n) is 7.11. The monoisotopic (exact) mass is 614 g/mol. The molecule has 0 amide bonds. The first-order chi connectivity index (χ1) is 23.8. The Kier molecular flexibility index (Phi) is 5.77. The summed E-state index contributed by atoms with van der Waals surface area (Å²) < 4.78 is 4.57. The molecule has 0 fully saturated rings. The molecular weight excluding hydrogens is 589 g/mol. The number of benzene rings is 6. The lowest BCUT2D eigenvalue weighted by Crippen LogP contribution is -2.06. The highest BCUT2D eigenvalue weighted by molar-refractivity contribution is 6.26. The highest BCUT2D eigenvalue weighted by Crippen LogP contribution is 2.42. The van der Waals surface area contributed by atoms with E-state index in [2.05, 4.69) is 112 Å². The Morgan fingerprint density at radius 2 is 1.06 bits per heavy atom. The summed E-state index contributed by atoms with van der Waals surface area (Å²) in [5.41, 5.74) is 10.1. The molecule has 0 aliphatic heterocycles. The minimum absolute atomic E-state index is 0.546. The maximum atomic E-state index is 5.31. The third kappa shape index (κ3) is 3.93. The van der Waals surface area contributed by atoms with Gasteiger partial charge in [-0.15, -0.1) is 0 Å². The van der Waals surface area contributed by atoms with Crippen LogP contribution in [0.5, 0.6) is 0 Å². The van der Waals surface area contributed by atoms with E-state index in [1.54, 1.807) is 0 Å². The van der Waals surface area contributed by atoms with Crippen LogP contribution in [0, 0.1) is 0 Å². The minimum atomic E-state index is 0.546. The predicted molar refractivity (Wildman–Crippen MR) is 195 cm³/mol. The van der Waals surface area contributed by atoms with E-state index < -0.39 is 0 Å². The standard InChI is InChI=1S/C42H26N6/c1-4-14-27(15-5-1)33-26-43-39-38(28-16-6-2-7-17-28)45-42(46-41(39)44-33)48-34-22-12-10-20-30(34)31-24-25-36-37(40(31)48)32-21-11-13-23-35(32)47(36)29-18-8-3-9-19-29/h1-26H. The molecular formula is C42H26N6. The molecule has 0 saturated carbocycles. The van der Waals surface area contributed by atoms with Gasteiger partial charge in [-0.1, -0.05) is 121 Å². The third-order valence-electron chi connectivity index (χ3n) is 9.20. The van der Waals surface area contributed by atoms with Gasteiger partial charge in [-0.2, -0.15) is 4.98 Å². The van der Waals surface area contributed by atoms with Gasteiger partial charge in [0.1, 0.15) is 11.2 Å². The quantitative estimate of drug-likeness (QED) is 0.198. The van der Waals surface area contributed by atoms with E-state index in [0.29, 0.717) is 17.1 Å². The smallest absolute Gasteiger partial charge is 0.237 e. The van der Waals surface area contributed by atoms with Crippen molar-refractivity contribution in [3.8, 4) is 34.2 Å². The average molecular weight is 615 g/mol. The molecule has 10 rings (SSSR count). The van der Waals surface area contributed by atoms with E-state index in [-0.39, 0.29) is 0 Å². The van der Waals surface area contributed by atoms with Crippen LogP contribution in [-0.2, 0) is 0 Å². The second kappa shape index (κ2) is 10.4. The van der Waals surface area contributed by atoms with Crippen LogP contribution in [-0.4, -0.2) is 29.1 Å². The second-order valence-corrected chi connectivity index (χ2v) is 11.9. The fourth-order valence-corrected chi connectivity index (χ4v) is 7.11. The lowest BCUT2D eigenvalue weighted by atomic mass is 10.1. The van der Waals surface area contributed by atoms with Crippen LogP contribution < -0.4 is 0 Å². The van der Waals surface area contributed by atoms with Gasteiger partial charge in [0.25, 0.3) is 0 Å². The largest absolute Gasteiger partial charge is 0.309 e. The van der Waals surface area contributed by atoms with E-state index in [4.69, 9.17) is 19.9 Å². The summed E-state index contributed by atoms with van der Waals surface area (Å²) in [6.07, 6.45) is 1.82. The molecule has 0 N–H and O–H groups in total. The Bertz CT molecular complexity index is 2820. The Morgan fingerprint density at radius 1 is 0.438 bits per heavy atom. The molecule has 0 aliphatic carbocycles. The molecule has 6 nitrogen and oxygen atoms in total. The highest BCUT2D eigenvalue weighted by Gasteiger charge is 2.23. The van der Waals surface area contributed by atoms with Gasteiger partial charge in [-0.05, 0) is 30.3 Å². The summed E-state index contributed by atoms with van der Waals surface area (Å²) in [5, 5.41) is 4.60. The van der Waals surface area contributed by atoms with E-state index in [1.807, 2.05) is 54.7 Å². The summed E-state index contributed by atoms with van der Waals surface area (Å²) in [6, 6.07) is 52.5. The van der Waals surface area contributed by atoms with Crippen molar-refractivity contribution in [3.05, 3.63) is 158 Å². The Hall–Kier alpha value is -6.66. The molecule has 224 valence electrons. The first-order valence-electron chi connectivity index (χ1n) is 16.0. The van der Waals surface area contributed by atoms with Gasteiger partial charge in [0.2, 0.25) is 5.95 Å².